The minimum absolute atomic E-state index is 0.759. The van der Waals surface area contributed by atoms with Crippen LogP contribution in [0.1, 0.15) is 36.1 Å². The molecule has 0 aliphatic carbocycles. The third-order valence-electron chi connectivity index (χ3n) is 4.84. The maximum Gasteiger partial charge on any atom is 0.0525 e. The predicted octanol–water partition coefficient (Wildman–Crippen LogP) is 6.91. The van der Waals surface area contributed by atoms with E-state index in [1.807, 2.05) is 12.1 Å². The Morgan fingerprint density at radius 3 is 1.78 bits per heavy atom. The first-order valence-corrected chi connectivity index (χ1v) is 9.89. The topological polar surface area (TPSA) is 3.24 Å². The highest BCUT2D eigenvalue weighted by atomic mass is 35.5. The van der Waals surface area contributed by atoms with Gasteiger partial charge >= 0.3 is 0 Å². The van der Waals surface area contributed by atoms with Gasteiger partial charge in [-0.3, -0.25) is 0 Å². The normalized spacial score (nSPS) is 11.9. The number of rotatable bonds is 6. The molecule has 0 heterocycles. The van der Waals surface area contributed by atoms with Gasteiger partial charge in [0.05, 0.1) is 5.70 Å². The fraction of sp³-hybridized carbons (Fsp3) is 0.200. The van der Waals surface area contributed by atoms with Gasteiger partial charge in [-0.2, -0.15) is 0 Å². The van der Waals surface area contributed by atoms with Crippen molar-refractivity contribution in [3.05, 3.63) is 106 Å². The quantitative estimate of drug-likeness (QED) is 0.423. The molecule has 1 nitrogen and oxygen atoms in total. The van der Waals surface area contributed by atoms with E-state index in [0.29, 0.717) is 0 Å². The van der Waals surface area contributed by atoms with Crippen molar-refractivity contribution in [2.45, 2.75) is 20.8 Å². The molecule has 138 valence electrons. The molecular weight excluding hydrogens is 350 g/mol. The minimum Gasteiger partial charge on any atom is -0.371 e. The summed E-state index contributed by atoms with van der Waals surface area (Å²) in [6, 6.07) is 27.6. The average molecular weight is 376 g/mol. The minimum atomic E-state index is 0.759. The Balaban J connectivity index is 2.34. The van der Waals surface area contributed by atoms with Crippen molar-refractivity contribution in [1.82, 2.24) is 4.90 Å². The van der Waals surface area contributed by atoms with Gasteiger partial charge in [0, 0.05) is 23.7 Å². The lowest BCUT2D eigenvalue weighted by atomic mass is 9.92. The summed E-state index contributed by atoms with van der Waals surface area (Å²) < 4.78 is 0. The maximum absolute atomic E-state index is 6.17. The van der Waals surface area contributed by atoms with Gasteiger partial charge in [-0.1, -0.05) is 83.9 Å². The monoisotopic (exact) mass is 375 g/mol. The molecule has 27 heavy (non-hydrogen) atoms. The van der Waals surface area contributed by atoms with Gasteiger partial charge in [0.25, 0.3) is 0 Å². The highest BCUT2D eigenvalue weighted by molar-refractivity contribution is 6.30. The maximum atomic E-state index is 6.17. The molecule has 0 atom stereocenters. The highest BCUT2D eigenvalue weighted by Gasteiger charge is 2.18. The van der Waals surface area contributed by atoms with E-state index in [1.54, 1.807) is 0 Å². The Bertz CT molecular complexity index is 889. The zero-order valence-electron chi connectivity index (χ0n) is 16.2. The second kappa shape index (κ2) is 8.92. The second-order valence-electron chi connectivity index (χ2n) is 6.63. The van der Waals surface area contributed by atoms with E-state index in [-0.39, 0.29) is 0 Å². The third kappa shape index (κ3) is 4.43. The molecule has 3 aromatic carbocycles. The zero-order valence-corrected chi connectivity index (χ0v) is 17.0. The Morgan fingerprint density at radius 1 is 0.704 bits per heavy atom. The molecule has 3 rings (SSSR count). The van der Waals surface area contributed by atoms with E-state index < -0.39 is 0 Å². The number of hydrogen-bond acceptors (Lipinski definition) is 1. The molecule has 0 aliphatic rings. The number of hydrogen-bond donors (Lipinski definition) is 0. The SMILES string of the molecule is CCN(CC)/C(=C(/c1ccccc1)c1ccc(C)cc1)c1ccc(Cl)cc1. The van der Waals surface area contributed by atoms with Crippen LogP contribution >= 0.6 is 11.6 Å². The molecule has 0 unspecified atom stereocenters. The Kier molecular flexibility index (Phi) is 6.36. The molecule has 0 fully saturated rings. The summed E-state index contributed by atoms with van der Waals surface area (Å²) >= 11 is 6.17. The van der Waals surface area contributed by atoms with E-state index in [2.05, 4.69) is 92.4 Å². The van der Waals surface area contributed by atoms with Crippen LogP contribution in [-0.4, -0.2) is 18.0 Å². The molecule has 0 spiro atoms. The zero-order chi connectivity index (χ0) is 19.2. The average Bonchev–Trinajstić information content (AvgIpc) is 2.71. The third-order valence-corrected chi connectivity index (χ3v) is 5.09. The van der Waals surface area contributed by atoms with Crippen molar-refractivity contribution in [1.29, 1.82) is 0 Å². The summed E-state index contributed by atoms with van der Waals surface area (Å²) in [5, 5.41) is 0.759. The Hall–Kier alpha value is -2.51. The Morgan fingerprint density at radius 2 is 1.22 bits per heavy atom. The standard InChI is InChI=1S/C25H26ClN/c1-4-27(5-2)25(22-15-17-23(26)18-16-22)24(20-9-7-6-8-10-20)21-13-11-19(3)12-14-21/h6-18H,4-5H2,1-3H3/b25-24-. The van der Waals surface area contributed by atoms with Gasteiger partial charge in [0.2, 0.25) is 0 Å². The van der Waals surface area contributed by atoms with Crippen molar-refractivity contribution >= 4 is 22.9 Å². The summed E-state index contributed by atoms with van der Waals surface area (Å²) in [6.45, 7) is 8.42. The van der Waals surface area contributed by atoms with Crippen molar-refractivity contribution in [3.8, 4) is 0 Å². The molecule has 0 bridgehead atoms. The Labute approximate surface area is 167 Å². The highest BCUT2D eigenvalue weighted by Crippen LogP contribution is 2.35. The lowest BCUT2D eigenvalue weighted by Gasteiger charge is -2.29. The summed E-state index contributed by atoms with van der Waals surface area (Å²) in [5.74, 6) is 0. The molecule has 0 amide bonds. The van der Waals surface area contributed by atoms with Crippen LogP contribution in [0.5, 0.6) is 0 Å². The molecular formula is C25H26ClN. The van der Waals surface area contributed by atoms with Gasteiger partial charge in [-0.15, -0.1) is 0 Å². The summed E-state index contributed by atoms with van der Waals surface area (Å²) in [5.41, 5.74) is 7.39. The van der Waals surface area contributed by atoms with Crippen LogP contribution in [0, 0.1) is 6.92 Å². The molecule has 2 heteroatoms. The predicted molar refractivity (Wildman–Crippen MR) is 118 cm³/mol. The fourth-order valence-electron chi connectivity index (χ4n) is 3.40. The lowest BCUT2D eigenvalue weighted by Crippen LogP contribution is -2.22. The van der Waals surface area contributed by atoms with Crippen molar-refractivity contribution in [2.75, 3.05) is 13.1 Å². The van der Waals surface area contributed by atoms with E-state index in [0.717, 1.165) is 18.1 Å². The van der Waals surface area contributed by atoms with E-state index in [4.69, 9.17) is 11.6 Å². The summed E-state index contributed by atoms with van der Waals surface area (Å²) in [6.07, 6.45) is 0. The summed E-state index contributed by atoms with van der Waals surface area (Å²) in [7, 11) is 0. The fourth-order valence-corrected chi connectivity index (χ4v) is 3.52. The molecule has 0 aliphatic heterocycles. The number of aryl methyl sites for hydroxylation is 1. The lowest BCUT2D eigenvalue weighted by molar-refractivity contribution is 0.443. The van der Waals surface area contributed by atoms with Crippen molar-refractivity contribution in [3.63, 3.8) is 0 Å². The molecule has 0 radical (unpaired) electrons. The van der Waals surface area contributed by atoms with Gasteiger partial charge in [-0.05, 0) is 49.6 Å². The second-order valence-corrected chi connectivity index (χ2v) is 7.07. The van der Waals surface area contributed by atoms with Crippen LogP contribution in [0.2, 0.25) is 5.02 Å². The largest absolute Gasteiger partial charge is 0.371 e. The molecule has 0 aromatic heterocycles. The molecule has 3 aromatic rings. The van der Waals surface area contributed by atoms with Crippen LogP contribution in [0.15, 0.2) is 78.9 Å². The number of halogens is 1. The van der Waals surface area contributed by atoms with Crippen LogP contribution in [0.25, 0.3) is 11.3 Å². The van der Waals surface area contributed by atoms with Crippen molar-refractivity contribution in [2.24, 2.45) is 0 Å². The van der Waals surface area contributed by atoms with Crippen molar-refractivity contribution < 1.29 is 0 Å². The molecule has 0 saturated heterocycles. The smallest absolute Gasteiger partial charge is 0.0525 e. The number of benzene rings is 3. The van der Waals surface area contributed by atoms with Gasteiger partial charge in [0.1, 0.15) is 0 Å². The van der Waals surface area contributed by atoms with E-state index in [9.17, 15) is 0 Å². The first-order valence-electron chi connectivity index (χ1n) is 9.51. The van der Waals surface area contributed by atoms with E-state index in [1.165, 1.54) is 33.5 Å². The molecule has 0 N–H and O–H groups in total. The van der Waals surface area contributed by atoms with Gasteiger partial charge in [-0.25, -0.2) is 0 Å². The first kappa shape index (κ1) is 19.3. The van der Waals surface area contributed by atoms with Gasteiger partial charge in [0.15, 0.2) is 0 Å². The van der Waals surface area contributed by atoms with Crippen LogP contribution in [0.4, 0.5) is 0 Å². The van der Waals surface area contributed by atoms with Crippen LogP contribution < -0.4 is 0 Å². The first-order chi connectivity index (χ1) is 13.1. The number of nitrogens with zero attached hydrogens (tertiary/aromatic N) is 1. The van der Waals surface area contributed by atoms with Gasteiger partial charge < -0.3 is 4.90 Å². The van der Waals surface area contributed by atoms with Crippen LogP contribution in [0.3, 0.4) is 0 Å². The van der Waals surface area contributed by atoms with Crippen LogP contribution in [-0.2, 0) is 0 Å². The van der Waals surface area contributed by atoms with E-state index >= 15 is 0 Å². The summed E-state index contributed by atoms with van der Waals surface area (Å²) in [4.78, 5) is 2.42. The molecule has 0 saturated carbocycles.